The SMILES string of the molecule is O=C1CC(CS(=O)(=O)F)CN1c1ccc(OC(F)(F)F)c(F)c1. The van der Waals surface area contributed by atoms with Gasteiger partial charge in [-0.2, -0.15) is 8.42 Å². The zero-order valence-corrected chi connectivity index (χ0v) is 12.1. The maximum absolute atomic E-state index is 13.6. The number of anilines is 1. The van der Waals surface area contributed by atoms with Gasteiger partial charge in [-0.05, 0) is 12.1 Å². The van der Waals surface area contributed by atoms with Gasteiger partial charge in [-0.1, -0.05) is 0 Å². The number of carbonyl (C=O) groups excluding carboxylic acids is 1. The van der Waals surface area contributed by atoms with E-state index in [0.29, 0.717) is 12.1 Å². The number of carbonyl (C=O) groups is 1. The third-order valence-corrected chi connectivity index (χ3v) is 3.96. The number of hydrogen-bond donors (Lipinski definition) is 0. The lowest BCUT2D eigenvalue weighted by Crippen LogP contribution is -2.25. The lowest BCUT2D eigenvalue weighted by molar-refractivity contribution is -0.275. The summed E-state index contributed by atoms with van der Waals surface area (Å²) in [6.07, 6.45) is -5.32. The molecule has 1 heterocycles. The summed E-state index contributed by atoms with van der Waals surface area (Å²) in [6, 6.07) is 2.38. The molecule has 0 saturated carbocycles. The van der Waals surface area contributed by atoms with E-state index in [0.717, 1.165) is 11.0 Å². The number of halogens is 5. The summed E-state index contributed by atoms with van der Waals surface area (Å²) in [5, 5.41) is 0. The third kappa shape index (κ3) is 4.78. The van der Waals surface area contributed by atoms with Gasteiger partial charge in [0.15, 0.2) is 11.6 Å². The van der Waals surface area contributed by atoms with Crippen LogP contribution in [0, 0.1) is 11.7 Å². The van der Waals surface area contributed by atoms with Crippen LogP contribution in [0.2, 0.25) is 0 Å². The van der Waals surface area contributed by atoms with E-state index in [-0.39, 0.29) is 18.7 Å². The van der Waals surface area contributed by atoms with Crippen molar-refractivity contribution in [1.29, 1.82) is 0 Å². The average molecular weight is 359 g/mol. The Balaban J connectivity index is 2.16. The van der Waals surface area contributed by atoms with Crippen LogP contribution in [0.5, 0.6) is 5.75 Å². The van der Waals surface area contributed by atoms with Gasteiger partial charge in [-0.15, -0.1) is 17.1 Å². The first-order valence-corrected chi connectivity index (χ1v) is 7.78. The molecule has 1 aromatic carbocycles. The minimum atomic E-state index is -5.06. The number of hydrogen-bond acceptors (Lipinski definition) is 4. The molecule has 0 aromatic heterocycles. The molecular weight excluding hydrogens is 349 g/mol. The topological polar surface area (TPSA) is 63.7 Å². The van der Waals surface area contributed by atoms with E-state index in [4.69, 9.17) is 0 Å². The first kappa shape index (κ1) is 17.4. The van der Waals surface area contributed by atoms with Crippen LogP contribution in [-0.4, -0.2) is 33.0 Å². The Labute approximate surface area is 127 Å². The fraction of sp³-hybridized carbons (Fsp3) is 0.417. The first-order chi connectivity index (χ1) is 10.4. The summed E-state index contributed by atoms with van der Waals surface area (Å²) in [4.78, 5) is 12.8. The molecule has 0 aliphatic carbocycles. The molecule has 1 aliphatic rings. The summed E-state index contributed by atoms with van der Waals surface area (Å²) >= 11 is 0. The highest BCUT2D eigenvalue weighted by Crippen LogP contribution is 2.31. The van der Waals surface area contributed by atoms with Gasteiger partial charge in [0.2, 0.25) is 5.91 Å². The first-order valence-electron chi connectivity index (χ1n) is 6.22. The van der Waals surface area contributed by atoms with Crippen LogP contribution in [0.25, 0.3) is 0 Å². The Morgan fingerprint density at radius 3 is 2.48 bits per heavy atom. The molecule has 1 aromatic rings. The van der Waals surface area contributed by atoms with E-state index in [2.05, 4.69) is 4.74 Å². The van der Waals surface area contributed by atoms with Crippen molar-refractivity contribution in [3.05, 3.63) is 24.0 Å². The minimum absolute atomic E-state index is 0.0687. The normalized spacial score (nSPS) is 19.3. The number of amides is 1. The molecule has 0 spiro atoms. The van der Waals surface area contributed by atoms with Crippen LogP contribution in [0.4, 0.5) is 27.1 Å². The van der Waals surface area contributed by atoms with Crippen molar-refractivity contribution < 1.29 is 39.4 Å². The van der Waals surface area contributed by atoms with Gasteiger partial charge in [0.1, 0.15) is 0 Å². The maximum Gasteiger partial charge on any atom is 0.573 e. The zero-order chi connectivity index (χ0) is 17.4. The van der Waals surface area contributed by atoms with Crippen molar-refractivity contribution in [1.82, 2.24) is 0 Å². The van der Waals surface area contributed by atoms with Gasteiger partial charge < -0.3 is 9.64 Å². The summed E-state index contributed by atoms with van der Waals surface area (Å²) < 4.78 is 87.0. The number of alkyl halides is 3. The van der Waals surface area contributed by atoms with E-state index < -0.39 is 45.7 Å². The smallest absolute Gasteiger partial charge is 0.403 e. The molecule has 1 saturated heterocycles. The van der Waals surface area contributed by atoms with Gasteiger partial charge in [-0.25, -0.2) is 4.39 Å². The van der Waals surface area contributed by atoms with E-state index in [1.54, 1.807) is 0 Å². The second kappa shape index (κ2) is 5.95. The van der Waals surface area contributed by atoms with Crippen molar-refractivity contribution in [3.63, 3.8) is 0 Å². The predicted molar refractivity (Wildman–Crippen MR) is 68.4 cm³/mol. The highest BCUT2D eigenvalue weighted by molar-refractivity contribution is 7.86. The molecular formula is C12H10F5NO4S. The molecule has 1 amide bonds. The van der Waals surface area contributed by atoms with Crippen molar-refractivity contribution in [2.45, 2.75) is 12.8 Å². The van der Waals surface area contributed by atoms with Gasteiger partial charge >= 0.3 is 16.6 Å². The molecule has 128 valence electrons. The van der Waals surface area contributed by atoms with E-state index in [1.807, 2.05) is 0 Å². The second-order valence-corrected chi connectivity index (χ2v) is 6.35. The van der Waals surface area contributed by atoms with Crippen LogP contribution in [0.1, 0.15) is 6.42 Å². The lowest BCUT2D eigenvalue weighted by atomic mass is 10.1. The number of ether oxygens (including phenoxy) is 1. The molecule has 0 N–H and O–H groups in total. The molecule has 1 atom stereocenters. The summed E-state index contributed by atoms with van der Waals surface area (Å²) in [7, 11) is -4.77. The van der Waals surface area contributed by atoms with Crippen molar-refractivity contribution in [2.75, 3.05) is 17.2 Å². The van der Waals surface area contributed by atoms with Crippen molar-refractivity contribution >= 4 is 21.8 Å². The molecule has 1 fully saturated rings. The van der Waals surface area contributed by atoms with E-state index in [1.165, 1.54) is 0 Å². The summed E-state index contributed by atoms with van der Waals surface area (Å²) in [6.45, 7) is -0.180. The van der Waals surface area contributed by atoms with Gasteiger partial charge in [0, 0.05) is 30.6 Å². The third-order valence-electron chi connectivity index (χ3n) is 3.09. The van der Waals surface area contributed by atoms with Crippen LogP contribution in [-0.2, 0) is 15.0 Å². The fourth-order valence-electron chi connectivity index (χ4n) is 2.29. The monoisotopic (exact) mass is 359 g/mol. The number of benzene rings is 1. The van der Waals surface area contributed by atoms with Gasteiger partial charge in [-0.3, -0.25) is 4.79 Å². The fourth-order valence-corrected chi connectivity index (χ4v) is 3.08. The van der Waals surface area contributed by atoms with Crippen molar-refractivity contribution in [3.8, 4) is 5.75 Å². The Morgan fingerprint density at radius 2 is 1.96 bits per heavy atom. The molecule has 0 radical (unpaired) electrons. The number of rotatable bonds is 4. The second-order valence-electron chi connectivity index (χ2n) is 4.94. The van der Waals surface area contributed by atoms with Crippen LogP contribution in [0.15, 0.2) is 18.2 Å². The highest BCUT2D eigenvalue weighted by Gasteiger charge is 2.35. The number of nitrogens with zero attached hydrogens (tertiary/aromatic N) is 1. The molecule has 1 aliphatic heterocycles. The summed E-state index contributed by atoms with van der Waals surface area (Å²) in [5.74, 6) is -4.65. The molecule has 2 rings (SSSR count). The Morgan fingerprint density at radius 1 is 1.30 bits per heavy atom. The predicted octanol–water partition coefficient (Wildman–Crippen LogP) is 2.38. The van der Waals surface area contributed by atoms with E-state index >= 15 is 0 Å². The molecule has 1 unspecified atom stereocenters. The lowest BCUT2D eigenvalue weighted by Gasteiger charge is -2.18. The average Bonchev–Trinajstić information content (AvgIpc) is 2.68. The zero-order valence-electron chi connectivity index (χ0n) is 11.3. The Kier molecular flexibility index (Phi) is 4.51. The summed E-state index contributed by atoms with van der Waals surface area (Å²) in [5.41, 5.74) is -0.0687. The molecule has 0 bridgehead atoms. The van der Waals surface area contributed by atoms with Crippen LogP contribution >= 0.6 is 0 Å². The van der Waals surface area contributed by atoms with Crippen LogP contribution < -0.4 is 9.64 Å². The van der Waals surface area contributed by atoms with Crippen molar-refractivity contribution in [2.24, 2.45) is 5.92 Å². The molecule has 23 heavy (non-hydrogen) atoms. The van der Waals surface area contributed by atoms with Gasteiger partial charge in [0.05, 0.1) is 5.75 Å². The standard InChI is InChI=1S/C12H10F5NO4S/c13-9-4-8(1-2-10(9)22-12(14,15)16)18-5-7(3-11(18)19)6-23(17,20)21/h1-2,4,7H,3,5-6H2. The van der Waals surface area contributed by atoms with Crippen LogP contribution in [0.3, 0.4) is 0 Å². The maximum atomic E-state index is 13.6. The van der Waals surface area contributed by atoms with E-state index in [9.17, 15) is 34.7 Å². The largest absolute Gasteiger partial charge is 0.573 e. The highest BCUT2D eigenvalue weighted by atomic mass is 32.3. The Hall–Kier alpha value is -1.91. The minimum Gasteiger partial charge on any atom is -0.403 e. The molecule has 11 heteroatoms. The molecule has 5 nitrogen and oxygen atoms in total. The quantitative estimate of drug-likeness (QED) is 0.612. The van der Waals surface area contributed by atoms with Gasteiger partial charge in [0.25, 0.3) is 0 Å². The Bertz CT molecular complexity index is 719.